The van der Waals surface area contributed by atoms with Crippen LogP contribution in [-0.2, 0) is 19.1 Å². The first kappa shape index (κ1) is 27.4. The molecule has 3 fully saturated rings. The molecule has 36 heavy (non-hydrogen) atoms. The summed E-state index contributed by atoms with van der Waals surface area (Å²) in [5.41, 5.74) is 0.0721. The first-order valence-corrected chi connectivity index (χ1v) is 13.9. The number of aryl methyl sites for hydroxylation is 1. The van der Waals surface area contributed by atoms with Crippen LogP contribution >= 0.6 is 27.5 Å². The average Bonchev–Trinajstić information content (AvgIpc) is 3.41. The third-order valence-corrected chi connectivity index (χ3v) is 8.80. The molecule has 3 saturated heterocycles. The number of anilines is 1. The smallest absolute Gasteiger partial charge is 0.250 e. The molecule has 3 unspecified atom stereocenters. The summed E-state index contributed by atoms with van der Waals surface area (Å²) in [6.07, 6.45) is 1.16. The molecule has 3 N–H and O–H groups in total. The molecule has 3 aliphatic heterocycles. The van der Waals surface area contributed by atoms with Crippen molar-refractivity contribution in [1.29, 1.82) is 0 Å². The highest BCUT2D eigenvalue weighted by molar-refractivity contribution is 9.09. The summed E-state index contributed by atoms with van der Waals surface area (Å²) in [4.78, 5) is 42.7. The summed E-state index contributed by atoms with van der Waals surface area (Å²) in [5.74, 6) is -2.34. The van der Waals surface area contributed by atoms with Gasteiger partial charge in [-0.1, -0.05) is 60.4 Å². The van der Waals surface area contributed by atoms with E-state index in [1.165, 1.54) is 4.90 Å². The second-order valence-electron chi connectivity index (χ2n) is 10.6. The number of fused-ring (bicyclic) bond motifs is 1. The lowest BCUT2D eigenvalue weighted by Gasteiger charge is -2.37. The Kier molecular flexibility index (Phi) is 8.05. The van der Waals surface area contributed by atoms with Gasteiger partial charge in [-0.15, -0.1) is 0 Å². The van der Waals surface area contributed by atoms with Gasteiger partial charge in [-0.3, -0.25) is 14.4 Å². The van der Waals surface area contributed by atoms with Crippen molar-refractivity contribution in [3.05, 3.63) is 28.8 Å². The van der Waals surface area contributed by atoms with E-state index in [0.29, 0.717) is 30.1 Å². The van der Waals surface area contributed by atoms with Gasteiger partial charge in [0.05, 0.1) is 41.3 Å². The Morgan fingerprint density at radius 3 is 2.67 bits per heavy atom. The molecule has 0 radical (unpaired) electrons. The predicted octanol–water partition coefficient (Wildman–Crippen LogP) is 3.27. The highest BCUT2D eigenvalue weighted by atomic mass is 79.9. The number of alkyl halides is 1. The number of ether oxygens (including phenoxy) is 1. The number of carbonyl (C=O) groups is 3. The van der Waals surface area contributed by atoms with Crippen LogP contribution in [0, 0.1) is 24.7 Å². The molecule has 3 amide bonds. The molecule has 1 spiro atoms. The molecule has 2 bridgehead atoms. The standard InChI is InChI=1S/C26H35BrClN3O5/c1-5-9-29-23(33)18-19-25(35)31(15(12-32)10-13(2)3)22(26(19)11-16(27)21(18)36-26)24(34)30-20-14(4)7-6-8-17(20)28/h6-8,13,15-16,18-19,21-22,32H,5,9-12H2,1-4H3,(H,29,33)(H,30,34)/t15-,16?,18-,19+,21-,22?,26?/m1/s1. The fourth-order valence-electron chi connectivity index (χ4n) is 6.23. The Balaban J connectivity index is 1.78. The quantitative estimate of drug-likeness (QED) is 0.386. The van der Waals surface area contributed by atoms with Crippen LogP contribution in [0.5, 0.6) is 0 Å². The van der Waals surface area contributed by atoms with Crippen LogP contribution in [0.3, 0.4) is 0 Å². The van der Waals surface area contributed by atoms with Gasteiger partial charge in [-0.25, -0.2) is 0 Å². The summed E-state index contributed by atoms with van der Waals surface area (Å²) in [5, 5.41) is 16.6. The third-order valence-electron chi connectivity index (χ3n) is 7.65. The molecule has 0 aliphatic carbocycles. The van der Waals surface area contributed by atoms with E-state index in [2.05, 4.69) is 26.6 Å². The molecule has 1 aromatic carbocycles. The lowest BCUT2D eigenvalue weighted by molar-refractivity contribution is -0.144. The first-order valence-electron chi connectivity index (χ1n) is 12.7. The van der Waals surface area contributed by atoms with Crippen molar-refractivity contribution in [3.63, 3.8) is 0 Å². The van der Waals surface area contributed by atoms with E-state index in [0.717, 1.165) is 12.0 Å². The van der Waals surface area contributed by atoms with Crippen molar-refractivity contribution in [2.45, 2.75) is 75.6 Å². The van der Waals surface area contributed by atoms with Crippen LogP contribution in [0.1, 0.15) is 45.6 Å². The molecule has 198 valence electrons. The van der Waals surface area contributed by atoms with Crippen molar-refractivity contribution in [1.82, 2.24) is 10.2 Å². The molecule has 7 atom stereocenters. The minimum absolute atomic E-state index is 0.173. The van der Waals surface area contributed by atoms with E-state index in [4.69, 9.17) is 16.3 Å². The van der Waals surface area contributed by atoms with Crippen LogP contribution < -0.4 is 10.6 Å². The number of aliphatic hydroxyl groups excluding tert-OH is 1. The summed E-state index contributed by atoms with van der Waals surface area (Å²) in [7, 11) is 0. The number of para-hydroxylation sites is 1. The zero-order chi connectivity index (χ0) is 26.4. The van der Waals surface area contributed by atoms with Crippen LogP contribution in [0.2, 0.25) is 5.02 Å². The number of nitrogens with one attached hydrogen (secondary N) is 2. The number of amides is 3. The van der Waals surface area contributed by atoms with Gasteiger partial charge in [0.25, 0.3) is 0 Å². The van der Waals surface area contributed by atoms with Gasteiger partial charge in [0.1, 0.15) is 11.6 Å². The number of nitrogens with zero attached hydrogens (tertiary/aromatic N) is 1. The van der Waals surface area contributed by atoms with Gasteiger partial charge >= 0.3 is 0 Å². The maximum Gasteiger partial charge on any atom is 0.250 e. The van der Waals surface area contributed by atoms with Crippen molar-refractivity contribution in [2.24, 2.45) is 17.8 Å². The zero-order valence-electron chi connectivity index (χ0n) is 21.1. The Morgan fingerprint density at radius 2 is 2.06 bits per heavy atom. The monoisotopic (exact) mass is 583 g/mol. The van der Waals surface area contributed by atoms with E-state index >= 15 is 0 Å². The number of halogens is 2. The highest BCUT2D eigenvalue weighted by Crippen LogP contribution is 2.60. The SMILES string of the molecule is CCCNC(=O)[C@H]1[C@@H]2OC3(CC2Br)C(C(=O)Nc2c(C)cccc2Cl)N([C@@H](CO)CC(C)C)C(=O)[C@H]13. The first-order chi connectivity index (χ1) is 17.1. The number of rotatable bonds is 9. The molecule has 3 aliphatic rings. The van der Waals surface area contributed by atoms with Gasteiger partial charge in [-0.2, -0.15) is 0 Å². The number of hydrogen-bond donors (Lipinski definition) is 3. The van der Waals surface area contributed by atoms with Gasteiger partial charge < -0.3 is 25.4 Å². The molecular weight excluding hydrogens is 550 g/mol. The van der Waals surface area contributed by atoms with Crippen LogP contribution in [0.4, 0.5) is 5.69 Å². The lowest BCUT2D eigenvalue weighted by atomic mass is 9.70. The third kappa shape index (κ3) is 4.46. The van der Waals surface area contributed by atoms with E-state index in [1.54, 1.807) is 12.1 Å². The molecule has 4 rings (SSSR count). The Bertz CT molecular complexity index is 1020. The topological polar surface area (TPSA) is 108 Å². The van der Waals surface area contributed by atoms with Crippen molar-refractivity contribution in [3.8, 4) is 0 Å². The zero-order valence-corrected chi connectivity index (χ0v) is 23.4. The molecule has 0 aromatic heterocycles. The molecule has 8 nitrogen and oxygen atoms in total. The normalized spacial score (nSPS) is 31.6. The summed E-state index contributed by atoms with van der Waals surface area (Å²) in [6, 6.07) is 3.73. The molecule has 0 saturated carbocycles. The van der Waals surface area contributed by atoms with Crippen molar-refractivity contribution >= 4 is 50.9 Å². The van der Waals surface area contributed by atoms with Crippen LogP contribution in [0.15, 0.2) is 18.2 Å². The number of likely N-dealkylation sites (tertiary alicyclic amines) is 1. The maximum atomic E-state index is 14.1. The maximum absolute atomic E-state index is 14.1. The summed E-state index contributed by atoms with van der Waals surface area (Å²) < 4.78 is 6.50. The van der Waals surface area contributed by atoms with Crippen molar-refractivity contribution in [2.75, 3.05) is 18.5 Å². The van der Waals surface area contributed by atoms with Gasteiger partial charge in [0.2, 0.25) is 17.7 Å². The number of hydrogen-bond acceptors (Lipinski definition) is 5. The molecule has 3 heterocycles. The number of aliphatic hydroxyl groups is 1. The van der Waals surface area contributed by atoms with Crippen LogP contribution in [-0.4, -0.2) is 69.5 Å². The second kappa shape index (κ2) is 10.6. The van der Waals surface area contributed by atoms with Crippen molar-refractivity contribution < 1.29 is 24.2 Å². The molecule has 1 aromatic rings. The van der Waals surface area contributed by atoms with E-state index in [-0.39, 0.29) is 29.2 Å². The van der Waals surface area contributed by atoms with Gasteiger partial charge in [-0.05, 0) is 43.7 Å². The lowest BCUT2D eigenvalue weighted by Crippen LogP contribution is -2.57. The van der Waals surface area contributed by atoms with Crippen LogP contribution in [0.25, 0.3) is 0 Å². The molecule has 10 heteroatoms. The minimum atomic E-state index is -1.19. The predicted molar refractivity (Wildman–Crippen MR) is 141 cm³/mol. The Hall–Kier alpha value is -1.68. The number of benzene rings is 1. The number of carbonyl (C=O) groups excluding carboxylic acids is 3. The largest absolute Gasteiger partial charge is 0.394 e. The van der Waals surface area contributed by atoms with Gasteiger partial charge in [0, 0.05) is 11.4 Å². The van der Waals surface area contributed by atoms with E-state index < -0.39 is 41.5 Å². The summed E-state index contributed by atoms with van der Waals surface area (Å²) >= 11 is 10.1. The minimum Gasteiger partial charge on any atom is -0.394 e. The Labute approximate surface area is 225 Å². The van der Waals surface area contributed by atoms with E-state index in [1.807, 2.05) is 33.8 Å². The van der Waals surface area contributed by atoms with Gasteiger partial charge in [0.15, 0.2) is 0 Å². The molecular formula is C26H35BrClN3O5. The fourth-order valence-corrected chi connectivity index (χ4v) is 7.44. The highest BCUT2D eigenvalue weighted by Gasteiger charge is 2.77. The summed E-state index contributed by atoms with van der Waals surface area (Å²) in [6.45, 7) is 8.01. The average molecular weight is 585 g/mol. The fraction of sp³-hybridized carbons (Fsp3) is 0.654. The Morgan fingerprint density at radius 1 is 1.33 bits per heavy atom. The second-order valence-corrected chi connectivity index (χ2v) is 12.2. The van der Waals surface area contributed by atoms with E-state index in [9.17, 15) is 19.5 Å².